The highest BCUT2D eigenvalue weighted by Crippen LogP contribution is 2.61. The van der Waals surface area contributed by atoms with Crippen molar-refractivity contribution in [2.75, 3.05) is 13.1 Å². The van der Waals surface area contributed by atoms with Gasteiger partial charge in [0.2, 0.25) is 0 Å². The fraction of sp³-hybridized carbons (Fsp3) is 0.455. The summed E-state index contributed by atoms with van der Waals surface area (Å²) in [6.45, 7) is 1.54. The predicted octanol–water partition coefficient (Wildman–Crippen LogP) is 0.253. The molecule has 2 fully saturated rings. The summed E-state index contributed by atoms with van der Waals surface area (Å²) < 4.78 is 0. The van der Waals surface area contributed by atoms with Gasteiger partial charge < -0.3 is 10.4 Å². The van der Waals surface area contributed by atoms with E-state index in [1.54, 1.807) is 6.20 Å². The van der Waals surface area contributed by atoms with E-state index < -0.39 is 5.97 Å². The number of hydrogen-bond acceptors (Lipinski definition) is 3. The topological polar surface area (TPSA) is 62.2 Å². The highest BCUT2D eigenvalue weighted by molar-refractivity contribution is 5.78. The maximum Gasteiger partial charge on any atom is 0.307 e. The summed E-state index contributed by atoms with van der Waals surface area (Å²) in [6.07, 6.45) is 1.73. The Hall–Kier alpha value is -1.42. The molecule has 1 aliphatic heterocycles. The summed E-state index contributed by atoms with van der Waals surface area (Å²) in [6, 6.07) is 5.71. The average molecular weight is 204 g/mol. The van der Waals surface area contributed by atoms with Crippen LogP contribution >= 0.6 is 0 Å². The lowest BCUT2D eigenvalue weighted by atomic mass is 9.98. The zero-order chi connectivity index (χ0) is 10.5. The minimum Gasteiger partial charge on any atom is -0.481 e. The molecule has 3 rings (SSSR count). The second kappa shape index (κ2) is 2.79. The largest absolute Gasteiger partial charge is 0.481 e. The zero-order valence-electron chi connectivity index (χ0n) is 8.18. The molecule has 0 amide bonds. The maximum absolute atomic E-state index is 11.1. The Morgan fingerprint density at radius 2 is 2.47 bits per heavy atom. The van der Waals surface area contributed by atoms with Gasteiger partial charge in [0, 0.05) is 23.9 Å². The third kappa shape index (κ3) is 0.997. The van der Waals surface area contributed by atoms with Crippen LogP contribution in [0.2, 0.25) is 0 Å². The van der Waals surface area contributed by atoms with Gasteiger partial charge in [-0.1, -0.05) is 6.07 Å². The SMILES string of the molecule is O=C(O)C1C2CNCC21c1ccccn1. The molecule has 0 aromatic carbocycles. The van der Waals surface area contributed by atoms with Crippen molar-refractivity contribution in [1.29, 1.82) is 0 Å². The second-order valence-electron chi connectivity index (χ2n) is 4.31. The van der Waals surface area contributed by atoms with Crippen LogP contribution in [0, 0.1) is 11.8 Å². The number of nitrogens with one attached hydrogen (secondary N) is 1. The highest BCUT2D eigenvalue weighted by Gasteiger charge is 2.72. The van der Waals surface area contributed by atoms with Gasteiger partial charge in [-0.3, -0.25) is 9.78 Å². The number of aromatic nitrogens is 1. The lowest BCUT2D eigenvalue weighted by Crippen LogP contribution is -2.27. The first-order valence-electron chi connectivity index (χ1n) is 5.12. The number of carbonyl (C=O) groups is 1. The summed E-state index contributed by atoms with van der Waals surface area (Å²) in [7, 11) is 0. The highest BCUT2D eigenvalue weighted by atomic mass is 16.4. The lowest BCUT2D eigenvalue weighted by molar-refractivity contribution is -0.139. The van der Waals surface area contributed by atoms with Crippen LogP contribution in [0.5, 0.6) is 0 Å². The van der Waals surface area contributed by atoms with E-state index in [1.165, 1.54) is 0 Å². The number of nitrogens with zero attached hydrogens (tertiary/aromatic N) is 1. The number of fused-ring (bicyclic) bond motifs is 1. The Morgan fingerprint density at radius 3 is 3.07 bits per heavy atom. The number of rotatable bonds is 2. The van der Waals surface area contributed by atoms with Crippen molar-refractivity contribution < 1.29 is 9.90 Å². The molecule has 15 heavy (non-hydrogen) atoms. The van der Waals surface area contributed by atoms with Gasteiger partial charge in [0.25, 0.3) is 0 Å². The molecule has 2 N–H and O–H groups in total. The van der Waals surface area contributed by atoms with Crippen molar-refractivity contribution >= 4 is 5.97 Å². The first kappa shape index (κ1) is 8.85. The van der Waals surface area contributed by atoms with Gasteiger partial charge in [-0.15, -0.1) is 0 Å². The minimum absolute atomic E-state index is 0.227. The third-order valence-corrected chi connectivity index (χ3v) is 3.70. The first-order chi connectivity index (χ1) is 7.27. The third-order valence-electron chi connectivity index (χ3n) is 3.70. The molecule has 4 heteroatoms. The van der Waals surface area contributed by atoms with E-state index in [1.807, 2.05) is 18.2 Å². The van der Waals surface area contributed by atoms with Crippen molar-refractivity contribution in [1.82, 2.24) is 10.3 Å². The smallest absolute Gasteiger partial charge is 0.307 e. The average Bonchev–Trinajstić information content (AvgIpc) is 2.72. The van der Waals surface area contributed by atoms with E-state index >= 15 is 0 Å². The van der Waals surface area contributed by atoms with Crippen molar-refractivity contribution in [2.24, 2.45) is 11.8 Å². The van der Waals surface area contributed by atoms with Gasteiger partial charge in [-0.2, -0.15) is 0 Å². The van der Waals surface area contributed by atoms with Gasteiger partial charge >= 0.3 is 5.97 Å². The van der Waals surface area contributed by atoms with Crippen LogP contribution in [0.4, 0.5) is 0 Å². The number of carboxylic acid groups (broad SMARTS) is 1. The van der Waals surface area contributed by atoms with E-state index in [0.29, 0.717) is 0 Å². The quantitative estimate of drug-likeness (QED) is 0.725. The second-order valence-corrected chi connectivity index (χ2v) is 4.31. The molecule has 78 valence electrons. The van der Waals surface area contributed by atoms with Gasteiger partial charge in [0.05, 0.1) is 5.92 Å². The van der Waals surface area contributed by atoms with Crippen LogP contribution in [0.15, 0.2) is 24.4 Å². The van der Waals surface area contributed by atoms with Crippen molar-refractivity contribution in [3.8, 4) is 0 Å². The van der Waals surface area contributed by atoms with Crippen molar-refractivity contribution in [2.45, 2.75) is 5.41 Å². The van der Waals surface area contributed by atoms with E-state index in [2.05, 4.69) is 10.3 Å². The van der Waals surface area contributed by atoms with Crippen LogP contribution in [-0.4, -0.2) is 29.1 Å². The fourth-order valence-corrected chi connectivity index (χ4v) is 2.96. The normalized spacial score (nSPS) is 37.3. The van der Waals surface area contributed by atoms with E-state index in [9.17, 15) is 4.79 Å². The standard InChI is InChI=1S/C11H12N2O2/c14-10(15)9-7-5-12-6-11(7,9)8-3-1-2-4-13-8/h1-4,7,9,12H,5-6H2,(H,14,15). The number of carboxylic acids is 1. The molecule has 2 aliphatic rings. The van der Waals surface area contributed by atoms with Gasteiger partial charge in [0.15, 0.2) is 0 Å². The van der Waals surface area contributed by atoms with Crippen LogP contribution < -0.4 is 5.32 Å². The van der Waals surface area contributed by atoms with Crippen LogP contribution in [-0.2, 0) is 10.2 Å². The van der Waals surface area contributed by atoms with Crippen molar-refractivity contribution in [3.05, 3.63) is 30.1 Å². The Bertz CT molecular complexity index is 406. The number of pyridine rings is 1. The summed E-state index contributed by atoms with van der Waals surface area (Å²) in [5.41, 5.74) is 0.694. The molecule has 0 radical (unpaired) electrons. The lowest BCUT2D eigenvalue weighted by Gasteiger charge is -2.12. The minimum atomic E-state index is -0.688. The van der Waals surface area contributed by atoms with E-state index in [4.69, 9.17) is 5.11 Å². The van der Waals surface area contributed by atoms with E-state index in [-0.39, 0.29) is 17.3 Å². The molecular weight excluding hydrogens is 192 g/mol. The number of piperidine rings is 1. The Morgan fingerprint density at radius 1 is 1.60 bits per heavy atom. The molecule has 1 aliphatic carbocycles. The molecule has 1 saturated carbocycles. The number of aliphatic carboxylic acids is 1. The summed E-state index contributed by atoms with van der Waals surface area (Å²) in [4.78, 5) is 15.4. The Kier molecular flexibility index (Phi) is 1.65. The molecule has 0 bridgehead atoms. The predicted molar refractivity (Wildman–Crippen MR) is 53.4 cm³/mol. The van der Waals surface area contributed by atoms with Crippen LogP contribution in [0.25, 0.3) is 0 Å². The van der Waals surface area contributed by atoms with Gasteiger partial charge in [-0.25, -0.2) is 0 Å². The maximum atomic E-state index is 11.1. The molecular formula is C11H12N2O2. The monoisotopic (exact) mass is 204 g/mol. The zero-order valence-corrected chi connectivity index (χ0v) is 8.18. The van der Waals surface area contributed by atoms with Crippen LogP contribution in [0.1, 0.15) is 5.69 Å². The first-order valence-corrected chi connectivity index (χ1v) is 5.12. The molecule has 2 heterocycles. The molecule has 3 unspecified atom stereocenters. The molecule has 3 atom stereocenters. The summed E-state index contributed by atoms with van der Waals surface area (Å²) >= 11 is 0. The number of hydrogen-bond donors (Lipinski definition) is 2. The Labute approximate surface area is 87.3 Å². The molecule has 1 aromatic heterocycles. The van der Waals surface area contributed by atoms with Gasteiger partial charge in [-0.05, 0) is 24.6 Å². The molecule has 1 saturated heterocycles. The van der Waals surface area contributed by atoms with Crippen molar-refractivity contribution in [3.63, 3.8) is 0 Å². The summed E-state index contributed by atoms with van der Waals surface area (Å²) in [5.74, 6) is -0.703. The van der Waals surface area contributed by atoms with Gasteiger partial charge in [0.1, 0.15) is 0 Å². The van der Waals surface area contributed by atoms with E-state index in [0.717, 1.165) is 18.8 Å². The molecule has 4 nitrogen and oxygen atoms in total. The molecule has 1 aromatic rings. The fourth-order valence-electron chi connectivity index (χ4n) is 2.96. The Balaban J connectivity index is 2.01. The summed E-state index contributed by atoms with van der Waals surface area (Å²) in [5, 5.41) is 12.4. The molecule has 0 spiro atoms. The van der Waals surface area contributed by atoms with Crippen LogP contribution in [0.3, 0.4) is 0 Å².